The molecule has 25 heavy (non-hydrogen) atoms. The van der Waals surface area contributed by atoms with Crippen LogP contribution in [0.5, 0.6) is 0 Å². The first kappa shape index (κ1) is 17.6. The highest BCUT2D eigenvalue weighted by atomic mass is 32.1. The molecule has 7 nitrogen and oxygen atoms in total. The fraction of sp³-hybridized carbons (Fsp3) is 0.529. The molecule has 1 N–H and O–H groups in total. The molecule has 1 saturated heterocycles. The first-order valence-corrected chi connectivity index (χ1v) is 9.01. The second-order valence-electron chi connectivity index (χ2n) is 7.23. The summed E-state index contributed by atoms with van der Waals surface area (Å²) in [5.41, 5.74) is 0.858. The van der Waals surface area contributed by atoms with Crippen LogP contribution in [-0.4, -0.2) is 51.0 Å². The van der Waals surface area contributed by atoms with E-state index in [0.29, 0.717) is 25.1 Å². The molecule has 0 aromatic carbocycles. The van der Waals surface area contributed by atoms with E-state index >= 15 is 0 Å². The van der Waals surface area contributed by atoms with Crippen LogP contribution in [0.4, 0.5) is 4.79 Å². The third-order valence-corrected chi connectivity index (χ3v) is 4.81. The van der Waals surface area contributed by atoms with Crippen LogP contribution in [-0.2, 0) is 4.74 Å². The van der Waals surface area contributed by atoms with Crippen LogP contribution in [0, 0.1) is 6.92 Å². The smallest absolute Gasteiger partial charge is 0.410 e. The van der Waals surface area contributed by atoms with Crippen molar-refractivity contribution in [2.24, 2.45) is 0 Å². The standard InChI is InChI=1S/C17H22N4O3S/c1-10-13-7-11(8-18-15(13)25-20-10)14(22)19-12-5-6-21(9-12)16(23)24-17(2,3)4/h7-8,12H,5-6,9H2,1-4H3,(H,19,22)/t12-/m0/s1. The van der Waals surface area contributed by atoms with Gasteiger partial charge in [-0.25, -0.2) is 9.78 Å². The molecule has 0 radical (unpaired) electrons. The Morgan fingerprint density at radius 1 is 1.40 bits per heavy atom. The summed E-state index contributed by atoms with van der Waals surface area (Å²) in [6, 6.07) is 1.73. The quantitative estimate of drug-likeness (QED) is 0.888. The van der Waals surface area contributed by atoms with Gasteiger partial charge in [0.05, 0.1) is 11.3 Å². The minimum Gasteiger partial charge on any atom is -0.444 e. The van der Waals surface area contributed by atoms with Crippen LogP contribution < -0.4 is 5.32 Å². The van der Waals surface area contributed by atoms with E-state index in [9.17, 15) is 9.59 Å². The maximum atomic E-state index is 12.5. The minimum atomic E-state index is -0.522. The van der Waals surface area contributed by atoms with Gasteiger partial charge in [-0.05, 0) is 51.7 Å². The zero-order valence-corrected chi connectivity index (χ0v) is 15.6. The Morgan fingerprint density at radius 3 is 2.88 bits per heavy atom. The van der Waals surface area contributed by atoms with Crippen LogP contribution >= 0.6 is 11.5 Å². The molecular weight excluding hydrogens is 340 g/mol. The van der Waals surface area contributed by atoms with E-state index in [0.717, 1.165) is 15.9 Å². The maximum absolute atomic E-state index is 12.5. The number of hydrogen-bond donors (Lipinski definition) is 1. The summed E-state index contributed by atoms with van der Waals surface area (Å²) in [5, 5.41) is 3.88. The Morgan fingerprint density at radius 2 is 2.16 bits per heavy atom. The van der Waals surface area contributed by atoms with Gasteiger partial charge in [0.15, 0.2) is 0 Å². The SMILES string of the molecule is Cc1nsc2ncc(C(=O)N[C@H]3CCN(C(=O)OC(C)(C)C)C3)cc12. The molecule has 2 amide bonds. The number of aromatic nitrogens is 2. The number of ether oxygens (including phenoxy) is 1. The summed E-state index contributed by atoms with van der Waals surface area (Å²) in [5.74, 6) is -0.184. The Labute approximate surface area is 150 Å². The van der Waals surface area contributed by atoms with Gasteiger partial charge in [0, 0.05) is 30.7 Å². The van der Waals surface area contributed by atoms with Crippen LogP contribution in [0.3, 0.4) is 0 Å². The highest BCUT2D eigenvalue weighted by molar-refractivity contribution is 7.12. The highest BCUT2D eigenvalue weighted by Gasteiger charge is 2.30. The summed E-state index contributed by atoms with van der Waals surface area (Å²) >= 11 is 1.32. The minimum absolute atomic E-state index is 0.0857. The molecule has 3 rings (SSSR count). The molecule has 0 bridgehead atoms. The van der Waals surface area contributed by atoms with Crippen molar-refractivity contribution in [3.8, 4) is 0 Å². The van der Waals surface area contributed by atoms with Gasteiger partial charge >= 0.3 is 6.09 Å². The number of carbonyl (C=O) groups is 2. The molecular formula is C17H22N4O3S. The van der Waals surface area contributed by atoms with Crippen molar-refractivity contribution < 1.29 is 14.3 Å². The first-order chi connectivity index (χ1) is 11.7. The molecule has 1 fully saturated rings. The van der Waals surface area contributed by atoms with Crippen molar-refractivity contribution >= 4 is 33.7 Å². The van der Waals surface area contributed by atoms with Crippen molar-refractivity contribution in [1.29, 1.82) is 0 Å². The molecule has 2 aromatic heterocycles. The number of aryl methyl sites for hydroxylation is 1. The van der Waals surface area contributed by atoms with Crippen molar-refractivity contribution in [2.45, 2.75) is 45.8 Å². The normalized spacial score (nSPS) is 17.8. The van der Waals surface area contributed by atoms with E-state index in [4.69, 9.17) is 4.74 Å². The van der Waals surface area contributed by atoms with Gasteiger partial charge < -0.3 is 15.0 Å². The predicted octanol–water partition coefficient (Wildman–Crippen LogP) is 2.74. The third kappa shape index (κ3) is 4.07. The lowest BCUT2D eigenvalue weighted by Crippen LogP contribution is -2.40. The van der Waals surface area contributed by atoms with E-state index < -0.39 is 5.60 Å². The van der Waals surface area contributed by atoms with Crippen molar-refractivity contribution in [3.05, 3.63) is 23.5 Å². The number of nitrogens with zero attached hydrogens (tertiary/aromatic N) is 3. The molecule has 0 unspecified atom stereocenters. The monoisotopic (exact) mass is 362 g/mol. The number of nitrogens with one attached hydrogen (secondary N) is 1. The zero-order chi connectivity index (χ0) is 18.2. The fourth-order valence-electron chi connectivity index (χ4n) is 2.71. The number of likely N-dealkylation sites (tertiary alicyclic amines) is 1. The van der Waals surface area contributed by atoms with E-state index in [1.54, 1.807) is 11.1 Å². The molecule has 0 spiro atoms. The topological polar surface area (TPSA) is 84.4 Å². The van der Waals surface area contributed by atoms with Gasteiger partial charge in [-0.3, -0.25) is 4.79 Å². The lowest BCUT2D eigenvalue weighted by Gasteiger charge is -2.24. The number of carbonyl (C=O) groups excluding carboxylic acids is 2. The van der Waals surface area contributed by atoms with Crippen LogP contribution in [0.1, 0.15) is 43.2 Å². The first-order valence-electron chi connectivity index (χ1n) is 8.24. The van der Waals surface area contributed by atoms with E-state index in [2.05, 4.69) is 14.7 Å². The molecule has 1 aliphatic rings. The van der Waals surface area contributed by atoms with Crippen LogP contribution in [0.2, 0.25) is 0 Å². The fourth-order valence-corrected chi connectivity index (χ4v) is 3.43. The average Bonchev–Trinajstić information content (AvgIpc) is 3.13. The molecule has 2 aromatic rings. The van der Waals surface area contributed by atoms with Gasteiger partial charge in [-0.1, -0.05) is 0 Å². The molecule has 0 aliphatic carbocycles. The molecule has 0 saturated carbocycles. The average molecular weight is 362 g/mol. The lowest BCUT2D eigenvalue weighted by molar-refractivity contribution is 0.0290. The number of fused-ring (bicyclic) bond motifs is 1. The van der Waals surface area contributed by atoms with Gasteiger partial charge in [0.2, 0.25) is 0 Å². The van der Waals surface area contributed by atoms with Crippen LogP contribution in [0.15, 0.2) is 12.3 Å². The summed E-state index contributed by atoms with van der Waals surface area (Å²) < 4.78 is 9.62. The maximum Gasteiger partial charge on any atom is 0.410 e. The highest BCUT2D eigenvalue weighted by Crippen LogP contribution is 2.21. The summed E-state index contributed by atoms with van der Waals surface area (Å²) in [7, 11) is 0. The second kappa shape index (κ2) is 6.59. The predicted molar refractivity (Wildman–Crippen MR) is 95.8 cm³/mol. The Kier molecular flexibility index (Phi) is 4.64. The van der Waals surface area contributed by atoms with E-state index in [1.165, 1.54) is 11.5 Å². The lowest BCUT2D eigenvalue weighted by atomic mass is 10.2. The summed E-state index contributed by atoms with van der Waals surface area (Å²) in [6.07, 6.45) is 1.93. The molecule has 3 heterocycles. The van der Waals surface area contributed by atoms with Crippen molar-refractivity contribution in [3.63, 3.8) is 0 Å². The largest absolute Gasteiger partial charge is 0.444 e. The second-order valence-corrected chi connectivity index (χ2v) is 7.98. The molecule has 1 atom stereocenters. The van der Waals surface area contributed by atoms with E-state index in [1.807, 2.05) is 33.8 Å². The number of pyridine rings is 1. The number of hydrogen-bond acceptors (Lipinski definition) is 6. The van der Waals surface area contributed by atoms with Crippen molar-refractivity contribution in [1.82, 2.24) is 19.6 Å². The van der Waals surface area contributed by atoms with Gasteiger partial charge in [0.25, 0.3) is 5.91 Å². The van der Waals surface area contributed by atoms with Gasteiger partial charge in [0.1, 0.15) is 10.4 Å². The summed E-state index contributed by atoms with van der Waals surface area (Å²) in [6.45, 7) is 8.44. The molecule has 134 valence electrons. The Bertz CT molecular complexity index is 812. The van der Waals surface area contributed by atoms with Crippen molar-refractivity contribution in [2.75, 3.05) is 13.1 Å². The van der Waals surface area contributed by atoms with Gasteiger partial charge in [-0.2, -0.15) is 4.37 Å². The van der Waals surface area contributed by atoms with E-state index in [-0.39, 0.29) is 18.0 Å². The molecule has 1 aliphatic heterocycles. The third-order valence-electron chi connectivity index (χ3n) is 3.95. The van der Waals surface area contributed by atoms with Gasteiger partial charge in [-0.15, -0.1) is 0 Å². The molecule has 8 heteroatoms. The Balaban J connectivity index is 1.61. The number of rotatable bonds is 2. The summed E-state index contributed by atoms with van der Waals surface area (Å²) in [4.78, 5) is 31.3. The Hall–Kier alpha value is -2.22. The number of amides is 2. The van der Waals surface area contributed by atoms with Crippen LogP contribution in [0.25, 0.3) is 10.2 Å². The zero-order valence-electron chi connectivity index (χ0n) is 14.8.